The average Bonchev–Trinajstić information content (AvgIpc) is 2.55. The van der Waals surface area contributed by atoms with E-state index in [1.165, 1.54) is 0 Å². The highest BCUT2D eigenvalue weighted by molar-refractivity contribution is 7.92. The lowest BCUT2D eigenvalue weighted by Crippen LogP contribution is -2.35. The molecule has 6 heteroatoms. The Hall–Kier alpha value is -2.34. The molecule has 0 radical (unpaired) electrons. The molecule has 1 amide bonds. The Morgan fingerprint density at radius 3 is 2.38 bits per heavy atom. The lowest BCUT2D eigenvalue weighted by Gasteiger charge is -2.27. The van der Waals surface area contributed by atoms with Gasteiger partial charge >= 0.3 is 0 Å². The maximum absolute atomic E-state index is 12.0. The Kier molecular flexibility index (Phi) is 4.57. The van der Waals surface area contributed by atoms with E-state index < -0.39 is 10.0 Å². The number of carbonyl (C=O) groups excluding carboxylic acids is 1. The normalized spacial score (nSPS) is 15.4. The van der Waals surface area contributed by atoms with Gasteiger partial charge < -0.3 is 4.90 Å². The van der Waals surface area contributed by atoms with Crippen LogP contribution in [0, 0.1) is 0 Å². The summed E-state index contributed by atoms with van der Waals surface area (Å²) in [4.78, 5) is 13.8. The molecule has 0 aromatic heterocycles. The smallest absolute Gasteiger partial charge is 0.229 e. The van der Waals surface area contributed by atoms with E-state index in [2.05, 4.69) is 4.72 Å². The summed E-state index contributed by atoms with van der Waals surface area (Å²) in [5.74, 6) is 0.160. The summed E-state index contributed by atoms with van der Waals surface area (Å²) in [6, 6.07) is 14.9. The third kappa shape index (κ3) is 3.76. The van der Waals surface area contributed by atoms with Gasteiger partial charge in [0.05, 0.1) is 11.9 Å². The minimum absolute atomic E-state index is 0.160. The van der Waals surface area contributed by atoms with Crippen LogP contribution in [0.5, 0.6) is 0 Å². The number of amides is 1. The van der Waals surface area contributed by atoms with Crippen molar-refractivity contribution in [1.29, 1.82) is 0 Å². The largest absolute Gasteiger partial charge is 0.312 e. The highest BCUT2D eigenvalue weighted by Crippen LogP contribution is 2.30. The molecule has 24 heavy (non-hydrogen) atoms. The molecule has 1 N–H and O–H groups in total. The quantitative estimate of drug-likeness (QED) is 0.926. The molecule has 126 valence electrons. The van der Waals surface area contributed by atoms with Crippen LogP contribution in [0.1, 0.15) is 19.3 Å². The van der Waals surface area contributed by atoms with Crippen LogP contribution >= 0.6 is 0 Å². The van der Waals surface area contributed by atoms with Crippen molar-refractivity contribution in [3.8, 4) is 11.1 Å². The van der Waals surface area contributed by atoms with Gasteiger partial charge in [-0.25, -0.2) is 8.42 Å². The Labute approximate surface area is 142 Å². The lowest BCUT2D eigenvalue weighted by molar-refractivity contribution is -0.119. The molecule has 2 aromatic rings. The Bertz CT molecular complexity index is 845. The van der Waals surface area contributed by atoms with Crippen LogP contribution in [-0.4, -0.2) is 27.1 Å². The summed E-state index contributed by atoms with van der Waals surface area (Å²) in [5.41, 5.74) is 3.13. The first-order valence-electron chi connectivity index (χ1n) is 7.92. The van der Waals surface area contributed by atoms with Crippen molar-refractivity contribution >= 4 is 27.3 Å². The minimum Gasteiger partial charge on any atom is -0.312 e. The van der Waals surface area contributed by atoms with E-state index in [0.717, 1.165) is 42.5 Å². The fourth-order valence-electron chi connectivity index (χ4n) is 2.92. The zero-order chi connectivity index (χ0) is 17.2. The maximum atomic E-state index is 12.0. The van der Waals surface area contributed by atoms with Crippen LogP contribution < -0.4 is 9.62 Å². The first-order valence-corrected chi connectivity index (χ1v) is 9.81. The molecule has 1 saturated heterocycles. The molecule has 5 nitrogen and oxygen atoms in total. The summed E-state index contributed by atoms with van der Waals surface area (Å²) in [7, 11) is -3.34. The van der Waals surface area contributed by atoms with E-state index in [-0.39, 0.29) is 5.91 Å². The average molecular weight is 344 g/mol. The molecule has 0 aliphatic carbocycles. The molecule has 1 aliphatic heterocycles. The molecule has 0 bridgehead atoms. The van der Waals surface area contributed by atoms with Crippen LogP contribution in [0.2, 0.25) is 0 Å². The third-order valence-electron chi connectivity index (χ3n) is 4.04. The molecular formula is C18H20N2O3S. The molecule has 3 rings (SSSR count). The van der Waals surface area contributed by atoms with Gasteiger partial charge in [0, 0.05) is 24.2 Å². The van der Waals surface area contributed by atoms with E-state index in [9.17, 15) is 13.2 Å². The van der Waals surface area contributed by atoms with Crippen molar-refractivity contribution in [2.75, 3.05) is 22.4 Å². The van der Waals surface area contributed by atoms with Gasteiger partial charge in [-0.1, -0.05) is 30.3 Å². The fraction of sp³-hybridized carbons (Fsp3) is 0.278. The van der Waals surface area contributed by atoms with Gasteiger partial charge in [-0.15, -0.1) is 0 Å². The van der Waals surface area contributed by atoms with Gasteiger partial charge in [-0.05, 0) is 36.6 Å². The molecule has 1 fully saturated rings. The highest BCUT2D eigenvalue weighted by Gasteiger charge is 2.19. The fourth-order valence-corrected chi connectivity index (χ4v) is 3.50. The zero-order valence-electron chi connectivity index (χ0n) is 13.5. The summed E-state index contributed by atoms with van der Waals surface area (Å²) in [6.07, 6.45) is 3.71. The number of nitrogens with one attached hydrogen (secondary N) is 1. The topological polar surface area (TPSA) is 66.5 Å². The van der Waals surface area contributed by atoms with E-state index in [0.29, 0.717) is 12.1 Å². The number of carbonyl (C=O) groups is 1. The third-order valence-corrected chi connectivity index (χ3v) is 4.63. The van der Waals surface area contributed by atoms with Crippen LogP contribution in [0.15, 0.2) is 48.5 Å². The lowest BCUT2D eigenvalue weighted by atomic mass is 10.0. The predicted molar refractivity (Wildman–Crippen MR) is 96.5 cm³/mol. The zero-order valence-corrected chi connectivity index (χ0v) is 14.3. The van der Waals surface area contributed by atoms with E-state index >= 15 is 0 Å². The van der Waals surface area contributed by atoms with E-state index in [1.54, 1.807) is 12.1 Å². The monoisotopic (exact) mass is 344 g/mol. The molecule has 2 aromatic carbocycles. The molecule has 0 unspecified atom stereocenters. The Morgan fingerprint density at radius 2 is 1.71 bits per heavy atom. The van der Waals surface area contributed by atoms with Crippen molar-refractivity contribution < 1.29 is 13.2 Å². The molecule has 1 aliphatic rings. The highest BCUT2D eigenvalue weighted by atomic mass is 32.2. The SMILES string of the molecule is CS(=O)(=O)Nc1ccccc1-c1ccc(N2CCCCC2=O)cc1. The maximum Gasteiger partial charge on any atom is 0.229 e. The number of sulfonamides is 1. The molecule has 0 spiro atoms. The Morgan fingerprint density at radius 1 is 1.00 bits per heavy atom. The second-order valence-corrected chi connectivity index (χ2v) is 7.72. The van der Waals surface area contributed by atoms with Crippen LogP contribution in [0.25, 0.3) is 11.1 Å². The number of anilines is 2. The summed E-state index contributed by atoms with van der Waals surface area (Å²) >= 11 is 0. The molecular weight excluding hydrogens is 324 g/mol. The van der Waals surface area contributed by atoms with Gasteiger partial charge in [-0.2, -0.15) is 0 Å². The van der Waals surface area contributed by atoms with E-state index in [1.807, 2.05) is 41.3 Å². The van der Waals surface area contributed by atoms with Crippen LogP contribution in [0.3, 0.4) is 0 Å². The molecule has 1 heterocycles. The number of rotatable bonds is 4. The summed E-state index contributed by atoms with van der Waals surface area (Å²) < 4.78 is 25.6. The van der Waals surface area contributed by atoms with Gasteiger partial charge in [0.15, 0.2) is 0 Å². The first-order chi connectivity index (χ1) is 11.4. The van der Waals surface area contributed by atoms with Crippen molar-refractivity contribution in [1.82, 2.24) is 0 Å². The number of hydrogen-bond acceptors (Lipinski definition) is 3. The van der Waals surface area contributed by atoms with Crippen LogP contribution in [0.4, 0.5) is 11.4 Å². The van der Waals surface area contributed by atoms with E-state index in [4.69, 9.17) is 0 Å². The van der Waals surface area contributed by atoms with Crippen molar-refractivity contribution in [2.45, 2.75) is 19.3 Å². The number of benzene rings is 2. The number of piperidine rings is 1. The first kappa shape index (κ1) is 16.5. The number of para-hydroxylation sites is 1. The van der Waals surface area contributed by atoms with Crippen LogP contribution in [-0.2, 0) is 14.8 Å². The number of hydrogen-bond donors (Lipinski definition) is 1. The number of nitrogens with zero attached hydrogens (tertiary/aromatic N) is 1. The standard InChI is InChI=1S/C18H20N2O3S/c1-24(22,23)19-17-7-3-2-6-16(17)14-9-11-15(12-10-14)20-13-5-4-8-18(20)21/h2-3,6-7,9-12,19H,4-5,8,13H2,1H3. The second kappa shape index (κ2) is 6.65. The second-order valence-electron chi connectivity index (χ2n) is 5.97. The molecule has 0 saturated carbocycles. The Balaban J connectivity index is 1.90. The summed E-state index contributed by atoms with van der Waals surface area (Å²) in [6.45, 7) is 0.754. The van der Waals surface area contributed by atoms with Gasteiger partial charge in [0.25, 0.3) is 0 Å². The summed E-state index contributed by atoms with van der Waals surface area (Å²) in [5, 5.41) is 0. The minimum atomic E-state index is -3.34. The van der Waals surface area contributed by atoms with Crippen molar-refractivity contribution in [3.05, 3.63) is 48.5 Å². The predicted octanol–water partition coefficient (Wildman–Crippen LogP) is 3.24. The van der Waals surface area contributed by atoms with Crippen molar-refractivity contribution in [3.63, 3.8) is 0 Å². The van der Waals surface area contributed by atoms with Gasteiger partial charge in [0.1, 0.15) is 0 Å². The van der Waals surface area contributed by atoms with Crippen molar-refractivity contribution in [2.24, 2.45) is 0 Å². The van der Waals surface area contributed by atoms with Gasteiger partial charge in [-0.3, -0.25) is 9.52 Å². The molecule has 0 atom stereocenters. The van der Waals surface area contributed by atoms with Gasteiger partial charge in [0.2, 0.25) is 15.9 Å².